The van der Waals surface area contributed by atoms with E-state index >= 15 is 0 Å². The van der Waals surface area contributed by atoms with Gasteiger partial charge in [-0.1, -0.05) is 52.0 Å². The van der Waals surface area contributed by atoms with Crippen molar-refractivity contribution in [1.29, 1.82) is 0 Å². The van der Waals surface area contributed by atoms with E-state index in [0.29, 0.717) is 6.04 Å². The van der Waals surface area contributed by atoms with Crippen molar-refractivity contribution >= 4 is 5.82 Å². The van der Waals surface area contributed by atoms with E-state index < -0.39 is 0 Å². The first-order valence-corrected chi connectivity index (χ1v) is 7.73. The smallest absolute Gasteiger partial charge is 0.132 e. The van der Waals surface area contributed by atoms with Gasteiger partial charge in [0.25, 0.3) is 0 Å². The maximum atomic E-state index is 6.46. The molecule has 2 rings (SSSR count). The van der Waals surface area contributed by atoms with E-state index in [-0.39, 0.29) is 5.41 Å². The third-order valence-electron chi connectivity index (χ3n) is 3.79. The molecular weight excluding hydrogens is 258 g/mol. The Morgan fingerprint density at radius 3 is 2.29 bits per heavy atom. The molecule has 0 aliphatic carbocycles. The van der Waals surface area contributed by atoms with E-state index in [2.05, 4.69) is 70.4 Å². The molecule has 1 aromatic carbocycles. The van der Waals surface area contributed by atoms with Crippen LogP contribution in [0.5, 0.6) is 0 Å². The first-order chi connectivity index (χ1) is 9.77. The molecule has 0 fully saturated rings. The fourth-order valence-electron chi connectivity index (χ4n) is 2.75. The van der Waals surface area contributed by atoms with Crippen LogP contribution in [0, 0.1) is 0 Å². The molecule has 3 nitrogen and oxygen atoms in total. The highest BCUT2D eigenvalue weighted by molar-refractivity contribution is 5.74. The number of anilines is 1. The molecule has 0 saturated heterocycles. The normalized spacial score (nSPS) is 12.1. The molecular formula is C18H27N3. The van der Waals surface area contributed by atoms with Gasteiger partial charge in [-0.25, -0.2) is 4.98 Å². The summed E-state index contributed by atoms with van der Waals surface area (Å²) >= 11 is 0. The molecule has 0 saturated carbocycles. The lowest BCUT2D eigenvalue weighted by Crippen LogP contribution is -2.21. The Balaban J connectivity index is 2.72. The SMILES string of the molecule is CCc1ccccc1-c1nc(C(C)(C)C)n(C(C)C)c1N. The van der Waals surface area contributed by atoms with Crippen molar-refractivity contribution in [2.45, 2.75) is 59.4 Å². The molecule has 0 bridgehead atoms. The second-order valence-corrected chi connectivity index (χ2v) is 6.89. The average Bonchev–Trinajstić information content (AvgIpc) is 2.76. The number of nitrogens with zero attached hydrogens (tertiary/aromatic N) is 2. The van der Waals surface area contributed by atoms with Crippen LogP contribution in [0.3, 0.4) is 0 Å². The third kappa shape index (κ3) is 2.82. The standard InChI is InChI=1S/C18H27N3/c1-7-13-10-8-9-11-14(13)15-16(19)21(12(2)3)17(20-15)18(4,5)6/h8-12H,7,19H2,1-6H3. The molecule has 0 amide bonds. The fourth-order valence-corrected chi connectivity index (χ4v) is 2.75. The number of rotatable bonds is 3. The predicted octanol–water partition coefficient (Wildman–Crippen LogP) is 4.57. The Kier molecular flexibility index (Phi) is 4.13. The molecule has 2 N–H and O–H groups in total. The van der Waals surface area contributed by atoms with Gasteiger partial charge in [0.05, 0.1) is 0 Å². The number of aryl methyl sites for hydroxylation is 1. The third-order valence-corrected chi connectivity index (χ3v) is 3.79. The highest BCUT2D eigenvalue weighted by Crippen LogP contribution is 2.35. The van der Waals surface area contributed by atoms with Crippen LogP contribution < -0.4 is 5.73 Å². The van der Waals surface area contributed by atoms with Crippen molar-refractivity contribution in [2.75, 3.05) is 5.73 Å². The summed E-state index contributed by atoms with van der Waals surface area (Å²) in [5.74, 6) is 1.83. The van der Waals surface area contributed by atoms with E-state index in [1.165, 1.54) is 5.56 Å². The van der Waals surface area contributed by atoms with Gasteiger partial charge in [-0.3, -0.25) is 0 Å². The fraction of sp³-hybridized carbons (Fsp3) is 0.500. The molecule has 2 aromatic rings. The van der Waals surface area contributed by atoms with Crippen LogP contribution >= 0.6 is 0 Å². The summed E-state index contributed by atoms with van der Waals surface area (Å²) in [4.78, 5) is 4.92. The molecule has 0 spiro atoms. The summed E-state index contributed by atoms with van der Waals surface area (Å²) in [5.41, 5.74) is 9.80. The number of benzene rings is 1. The Morgan fingerprint density at radius 2 is 1.81 bits per heavy atom. The van der Waals surface area contributed by atoms with E-state index in [4.69, 9.17) is 10.7 Å². The molecule has 0 radical (unpaired) electrons. The zero-order valence-corrected chi connectivity index (χ0v) is 14.1. The summed E-state index contributed by atoms with van der Waals surface area (Å²) in [6.45, 7) is 13.0. The Hall–Kier alpha value is -1.77. The van der Waals surface area contributed by atoms with Gasteiger partial charge in [0.1, 0.15) is 17.3 Å². The highest BCUT2D eigenvalue weighted by Gasteiger charge is 2.27. The molecule has 3 heteroatoms. The average molecular weight is 285 g/mol. The molecule has 1 aromatic heterocycles. The van der Waals surface area contributed by atoms with Crippen molar-refractivity contribution in [3.8, 4) is 11.3 Å². The van der Waals surface area contributed by atoms with Crippen LogP contribution in [0.4, 0.5) is 5.82 Å². The number of hydrogen-bond donors (Lipinski definition) is 1. The minimum absolute atomic E-state index is 0.0300. The van der Waals surface area contributed by atoms with Gasteiger partial charge in [-0.15, -0.1) is 0 Å². The largest absolute Gasteiger partial charge is 0.383 e. The number of hydrogen-bond acceptors (Lipinski definition) is 2. The minimum Gasteiger partial charge on any atom is -0.383 e. The molecule has 21 heavy (non-hydrogen) atoms. The molecule has 0 unspecified atom stereocenters. The van der Waals surface area contributed by atoms with Gasteiger partial charge in [-0.05, 0) is 25.8 Å². The summed E-state index contributed by atoms with van der Waals surface area (Å²) in [5, 5.41) is 0. The van der Waals surface area contributed by atoms with E-state index in [1.807, 2.05) is 0 Å². The zero-order valence-electron chi connectivity index (χ0n) is 14.1. The Labute approximate surface area is 128 Å². The lowest BCUT2D eigenvalue weighted by Gasteiger charge is -2.22. The second-order valence-electron chi connectivity index (χ2n) is 6.89. The van der Waals surface area contributed by atoms with Crippen LogP contribution in [0.15, 0.2) is 24.3 Å². The first kappa shape index (κ1) is 15.6. The van der Waals surface area contributed by atoms with Gasteiger partial charge >= 0.3 is 0 Å². The topological polar surface area (TPSA) is 43.8 Å². The van der Waals surface area contributed by atoms with E-state index in [0.717, 1.165) is 29.3 Å². The molecule has 114 valence electrons. The number of nitrogen functional groups attached to an aromatic ring is 1. The van der Waals surface area contributed by atoms with Crippen LogP contribution in [0.25, 0.3) is 11.3 Å². The first-order valence-electron chi connectivity index (χ1n) is 7.73. The number of imidazole rings is 1. The molecule has 0 atom stereocenters. The van der Waals surface area contributed by atoms with Crippen molar-refractivity contribution in [3.63, 3.8) is 0 Å². The summed E-state index contributed by atoms with van der Waals surface area (Å²) in [6.07, 6.45) is 0.981. The van der Waals surface area contributed by atoms with Gasteiger partial charge in [0.2, 0.25) is 0 Å². The minimum atomic E-state index is -0.0300. The molecule has 0 aliphatic heterocycles. The Morgan fingerprint density at radius 1 is 1.19 bits per heavy atom. The van der Waals surface area contributed by atoms with Crippen LogP contribution in [-0.4, -0.2) is 9.55 Å². The van der Waals surface area contributed by atoms with Crippen molar-refractivity contribution < 1.29 is 0 Å². The van der Waals surface area contributed by atoms with Gasteiger partial charge in [0, 0.05) is 17.0 Å². The lowest BCUT2D eigenvalue weighted by molar-refractivity contribution is 0.473. The maximum Gasteiger partial charge on any atom is 0.132 e. The van der Waals surface area contributed by atoms with Gasteiger partial charge < -0.3 is 10.3 Å². The van der Waals surface area contributed by atoms with Crippen LogP contribution in [-0.2, 0) is 11.8 Å². The van der Waals surface area contributed by atoms with Crippen molar-refractivity contribution in [1.82, 2.24) is 9.55 Å². The lowest BCUT2D eigenvalue weighted by atomic mass is 9.95. The molecule has 1 heterocycles. The van der Waals surface area contributed by atoms with Gasteiger partial charge in [-0.2, -0.15) is 0 Å². The quantitative estimate of drug-likeness (QED) is 0.897. The number of nitrogens with two attached hydrogens (primary N) is 1. The van der Waals surface area contributed by atoms with Crippen molar-refractivity contribution in [3.05, 3.63) is 35.7 Å². The van der Waals surface area contributed by atoms with Gasteiger partial charge in [0.15, 0.2) is 0 Å². The number of aromatic nitrogens is 2. The summed E-state index contributed by atoms with van der Waals surface area (Å²) in [6, 6.07) is 8.70. The van der Waals surface area contributed by atoms with Crippen LogP contribution in [0.1, 0.15) is 59.0 Å². The summed E-state index contributed by atoms with van der Waals surface area (Å²) < 4.78 is 2.17. The monoisotopic (exact) mass is 285 g/mol. The second kappa shape index (κ2) is 5.55. The predicted molar refractivity (Wildman–Crippen MR) is 90.5 cm³/mol. The van der Waals surface area contributed by atoms with Crippen LogP contribution in [0.2, 0.25) is 0 Å². The molecule has 0 aliphatic rings. The highest BCUT2D eigenvalue weighted by atomic mass is 15.2. The summed E-state index contributed by atoms with van der Waals surface area (Å²) in [7, 11) is 0. The van der Waals surface area contributed by atoms with Crippen molar-refractivity contribution in [2.24, 2.45) is 0 Å². The Bertz CT molecular complexity index is 630. The maximum absolute atomic E-state index is 6.46. The van der Waals surface area contributed by atoms with E-state index in [1.54, 1.807) is 0 Å². The zero-order chi connectivity index (χ0) is 15.8. The van der Waals surface area contributed by atoms with E-state index in [9.17, 15) is 0 Å².